The van der Waals surface area contributed by atoms with E-state index >= 15 is 0 Å². The van der Waals surface area contributed by atoms with E-state index in [1.807, 2.05) is 30.3 Å². The Morgan fingerprint density at radius 3 is 1.98 bits per heavy atom. The lowest BCUT2D eigenvalue weighted by molar-refractivity contribution is -0.132. The first kappa shape index (κ1) is 36.2. The zero-order valence-electron chi connectivity index (χ0n) is 26.8. The minimum Gasteiger partial charge on any atom is -0.370 e. The number of primary amides is 1. The topological polar surface area (TPSA) is 225 Å². The van der Waals surface area contributed by atoms with Crippen molar-refractivity contribution in [2.75, 3.05) is 6.54 Å². The molecule has 4 amide bonds. The average molecular weight is 685 g/mol. The number of nitrogens with two attached hydrogens (primary N) is 3. The van der Waals surface area contributed by atoms with Gasteiger partial charge in [-0.3, -0.25) is 29.0 Å². The second kappa shape index (κ2) is 18.1. The highest BCUT2D eigenvalue weighted by Crippen LogP contribution is 2.23. The molecule has 3 aromatic carbocycles. The van der Waals surface area contributed by atoms with Crippen LogP contribution in [0, 0.1) is 0 Å². The number of rotatable bonds is 18. The summed E-state index contributed by atoms with van der Waals surface area (Å²) in [5.41, 5.74) is 18.4. The lowest BCUT2D eigenvalue weighted by atomic mass is 10.0. The molecule has 0 bridgehead atoms. The van der Waals surface area contributed by atoms with Crippen LogP contribution in [0.3, 0.4) is 0 Å². The van der Waals surface area contributed by atoms with Gasteiger partial charge in [0.2, 0.25) is 29.4 Å². The number of hydrogen-bond donors (Lipinski definition) is 6. The molecular weight excluding hydrogens is 645 g/mol. The van der Waals surface area contributed by atoms with Crippen LogP contribution < -0.4 is 33.2 Å². The van der Waals surface area contributed by atoms with E-state index in [0.29, 0.717) is 11.9 Å². The smallest absolute Gasteiger partial charge is 0.243 e. The predicted octanol–water partition coefficient (Wildman–Crippen LogP) is 1.74. The lowest BCUT2D eigenvalue weighted by Gasteiger charge is -2.25. The van der Waals surface area contributed by atoms with Crippen LogP contribution >= 0.6 is 11.3 Å². The Hall–Kier alpha value is -5.63. The number of thiazole rings is 1. The maximum atomic E-state index is 14.0. The third-order valence-corrected chi connectivity index (χ3v) is 8.59. The molecule has 0 aliphatic carbocycles. The number of aromatic nitrogens is 1. The Balaban J connectivity index is 1.56. The third-order valence-electron chi connectivity index (χ3n) is 7.54. The standard InChI is InChI=1S/C35H40N8O5S/c36-29(44)18-17-26(40-30(45)21-23-12-5-2-6-13-23)32(47)42-27(20-22-10-3-1-4-11-22)33(48)41-25(15-9-19-39-35(37)38)31(46)34-43-24-14-7-8-16-28(24)49-34/h1-8,10-14,16,25-27H,9,15,17-21H2,(H2,36,44)(H,40,45)(H,41,48)(H,42,47)(H4,37,38,39)/t25-,26-,27-/m0/s1. The fourth-order valence-corrected chi connectivity index (χ4v) is 6.04. The van der Waals surface area contributed by atoms with Gasteiger partial charge >= 0.3 is 0 Å². The number of benzene rings is 3. The van der Waals surface area contributed by atoms with Gasteiger partial charge in [0.1, 0.15) is 12.1 Å². The van der Waals surface area contributed by atoms with Crippen LogP contribution in [0.1, 0.15) is 46.6 Å². The van der Waals surface area contributed by atoms with Crippen molar-refractivity contribution in [3.63, 3.8) is 0 Å². The Labute approximate surface area is 287 Å². The SMILES string of the molecule is NC(=O)CC[C@H](NC(=O)Cc1ccccc1)C(=O)N[C@@H](Cc1ccccc1)C(=O)N[C@@H](CCCN=C(N)N)C(=O)c1nc2ccccc2s1. The minimum absolute atomic E-state index is 0.00450. The van der Waals surface area contributed by atoms with Crippen LogP contribution in [0.4, 0.5) is 0 Å². The van der Waals surface area contributed by atoms with Crippen molar-refractivity contribution in [2.45, 2.75) is 56.7 Å². The van der Waals surface area contributed by atoms with Crippen molar-refractivity contribution in [3.8, 4) is 0 Å². The number of fused-ring (bicyclic) bond motifs is 1. The van der Waals surface area contributed by atoms with Gasteiger partial charge in [0.05, 0.1) is 22.7 Å². The summed E-state index contributed by atoms with van der Waals surface area (Å²) in [6, 6.07) is 22.0. The van der Waals surface area contributed by atoms with Gasteiger partial charge in [-0.05, 0) is 42.5 Å². The number of ketones is 1. The predicted molar refractivity (Wildman–Crippen MR) is 188 cm³/mol. The molecule has 4 rings (SSSR count). The lowest BCUT2D eigenvalue weighted by Crippen LogP contribution is -2.56. The summed E-state index contributed by atoms with van der Waals surface area (Å²) in [5, 5.41) is 8.48. The van der Waals surface area contributed by atoms with Gasteiger partial charge in [-0.25, -0.2) is 4.98 Å². The monoisotopic (exact) mass is 684 g/mol. The highest BCUT2D eigenvalue weighted by Gasteiger charge is 2.31. The zero-order valence-corrected chi connectivity index (χ0v) is 27.7. The molecule has 0 aliphatic rings. The van der Waals surface area contributed by atoms with E-state index in [-0.39, 0.29) is 49.6 Å². The number of para-hydroxylation sites is 1. The van der Waals surface area contributed by atoms with E-state index < -0.39 is 47.5 Å². The van der Waals surface area contributed by atoms with Crippen molar-refractivity contribution in [3.05, 3.63) is 101 Å². The molecule has 49 heavy (non-hydrogen) atoms. The van der Waals surface area contributed by atoms with Crippen molar-refractivity contribution in [1.29, 1.82) is 0 Å². The molecule has 0 fully saturated rings. The molecule has 0 saturated heterocycles. The second-order valence-corrected chi connectivity index (χ2v) is 12.4. The number of carbonyl (C=O) groups excluding carboxylic acids is 5. The number of hydrogen-bond acceptors (Lipinski definition) is 8. The number of aliphatic imine (C=N–C) groups is 1. The molecule has 0 unspecified atom stereocenters. The molecule has 0 aliphatic heterocycles. The molecule has 0 radical (unpaired) electrons. The van der Waals surface area contributed by atoms with Crippen molar-refractivity contribution < 1.29 is 24.0 Å². The summed E-state index contributed by atoms with van der Waals surface area (Å²) >= 11 is 1.22. The summed E-state index contributed by atoms with van der Waals surface area (Å²) < 4.78 is 0.821. The van der Waals surface area contributed by atoms with Crippen molar-refractivity contribution >= 4 is 56.9 Å². The molecule has 1 aromatic heterocycles. The first-order chi connectivity index (χ1) is 23.6. The maximum Gasteiger partial charge on any atom is 0.243 e. The molecule has 13 nitrogen and oxygen atoms in total. The van der Waals surface area contributed by atoms with Gasteiger partial charge in [-0.1, -0.05) is 72.8 Å². The molecule has 0 saturated carbocycles. The number of nitrogens with zero attached hydrogens (tertiary/aromatic N) is 2. The van der Waals surface area contributed by atoms with E-state index in [1.165, 1.54) is 11.3 Å². The van der Waals surface area contributed by atoms with E-state index in [0.717, 1.165) is 15.8 Å². The quantitative estimate of drug-likeness (QED) is 0.0391. The summed E-state index contributed by atoms with van der Waals surface area (Å²) in [4.78, 5) is 74.5. The summed E-state index contributed by atoms with van der Waals surface area (Å²) in [5.74, 6) is -2.88. The van der Waals surface area contributed by atoms with Crippen molar-refractivity contribution in [1.82, 2.24) is 20.9 Å². The molecule has 256 valence electrons. The third kappa shape index (κ3) is 11.5. The molecule has 14 heteroatoms. The number of nitrogens with one attached hydrogen (secondary N) is 3. The second-order valence-electron chi connectivity index (χ2n) is 11.4. The van der Waals surface area contributed by atoms with Gasteiger partial charge in [0.25, 0.3) is 0 Å². The van der Waals surface area contributed by atoms with Crippen LogP contribution in [0.25, 0.3) is 10.2 Å². The molecule has 3 atom stereocenters. The highest BCUT2D eigenvalue weighted by atomic mass is 32.1. The summed E-state index contributed by atoms with van der Waals surface area (Å²) in [7, 11) is 0. The Morgan fingerprint density at radius 1 is 0.714 bits per heavy atom. The van der Waals surface area contributed by atoms with E-state index in [4.69, 9.17) is 17.2 Å². The van der Waals surface area contributed by atoms with Gasteiger partial charge < -0.3 is 33.2 Å². The van der Waals surface area contributed by atoms with Crippen LogP contribution in [0.15, 0.2) is 89.9 Å². The minimum atomic E-state index is -1.16. The first-order valence-electron chi connectivity index (χ1n) is 15.8. The fraction of sp³-hybridized carbons (Fsp3) is 0.286. The van der Waals surface area contributed by atoms with Crippen molar-refractivity contribution in [2.24, 2.45) is 22.2 Å². The van der Waals surface area contributed by atoms with Crippen LogP contribution in [-0.2, 0) is 32.0 Å². The van der Waals surface area contributed by atoms with Gasteiger partial charge in [-0.15, -0.1) is 11.3 Å². The Bertz CT molecular complexity index is 1740. The summed E-state index contributed by atoms with van der Waals surface area (Å²) in [6.45, 7) is 0.232. The van der Waals surface area contributed by atoms with Crippen LogP contribution in [0.5, 0.6) is 0 Å². The zero-order chi connectivity index (χ0) is 35.2. The molecular formula is C35H40N8O5S. The number of carbonyl (C=O) groups is 5. The number of Topliss-reactive ketones (excluding diaryl/α,β-unsaturated/α-hetero) is 1. The Kier molecular flexibility index (Phi) is 13.3. The molecule has 4 aromatic rings. The van der Waals surface area contributed by atoms with E-state index in [1.54, 1.807) is 54.6 Å². The van der Waals surface area contributed by atoms with Crippen LogP contribution in [-0.4, -0.2) is 65.0 Å². The van der Waals surface area contributed by atoms with E-state index in [2.05, 4.69) is 25.9 Å². The van der Waals surface area contributed by atoms with Gasteiger partial charge in [0.15, 0.2) is 11.0 Å². The summed E-state index contributed by atoms with van der Waals surface area (Å²) in [6.07, 6.45) is 0.399. The van der Waals surface area contributed by atoms with Crippen LogP contribution in [0.2, 0.25) is 0 Å². The average Bonchev–Trinajstić information content (AvgIpc) is 3.52. The van der Waals surface area contributed by atoms with Gasteiger partial charge in [0, 0.05) is 19.4 Å². The maximum absolute atomic E-state index is 14.0. The molecule has 1 heterocycles. The molecule has 9 N–H and O–H groups in total. The normalized spacial score (nSPS) is 12.7. The number of amides is 4. The first-order valence-corrected chi connectivity index (χ1v) is 16.6. The largest absolute Gasteiger partial charge is 0.370 e. The molecule has 0 spiro atoms. The highest BCUT2D eigenvalue weighted by molar-refractivity contribution is 7.20. The van der Waals surface area contributed by atoms with Gasteiger partial charge in [-0.2, -0.15) is 0 Å². The fourth-order valence-electron chi connectivity index (χ4n) is 5.08. The number of guanidine groups is 1. The van der Waals surface area contributed by atoms with E-state index in [9.17, 15) is 24.0 Å². The Morgan fingerprint density at radius 2 is 1.33 bits per heavy atom.